The first-order valence-corrected chi connectivity index (χ1v) is 6.01. The van der Waals surface area contributed by atoms with Crippen LogP contribution in [0.3, 0.4) is 0 Å². The normalized spacial score (nSPS) is 10.4. The van der Waals surface area contributed by atoms with E-state index in [9.17, 15) is 4.39 Å². The van der Waals surface area contributed by atoms with Crippen molar-refractivity contribution in [3.05, 3.63) is 24.0 Å². The van der Waals surface area contributed by atoms with Gasteiger partial charge in [-0.1, -0.05) is 19.4 Å². The van der Waals surface area contributed by atoms with Crippen molar-refractivity contribution >= 4 is 12.6 Å². The van der Waals surface area contributed by atoms with E-state index < -0.39 is 12.9 Å². The third-order valence-electron chi connectivity index (χ3n) is 2.38. The van der Waals surface area contributed by atoms with E-state index >= 15 is 0 Å². The molecular formula is C12H18BFO4. The Morgan fingerprint density at radius 1 is 1.22 bits per heavy atom. The van der Waals surface area contributed by atoms with Crippen molar-refractivity contribution < 1.29 is 23.9 Å². The smallest absolute Gasteiger partial charge is 0.491 e. The molecule has 0 saturated heterocycles. The summed E-state index contributed by atoms with van der Waals surface area (Å²) in [7, 11) is -1.68. The number of rotatable bonds is 8. The predicted molar refractivity (Wildman–Crippen MR) is 67.4 cm³/mol. The highest BCUT2D eigenvalue weighted by Crippen LogP contribution is 2.10. The molecule has 0 unspecified atom stereocenters. The lowest BCUT2D eigenvalue weighted by Gasteiger charge is -2.11. The van der Waals surface area contributed by atoms with Crippen molar-refractivity contribution in [3.8, 4) is 5.75 Å². The molecule has 0 fully saturated rings. The molecule has 1 rings (SSSR count). The highest BCUT2D eigenvalue weighted by molar-refractivity contribution is 6.59. The van der Waals surface area contributed by atoms with E-state index in [1.54, 1.807) is 0 Å². The van der Waals surface area contributed by atoms with Crippen LogP contribution in [0, 0.1) is 5.82 Å². The molecule has 0 saturated carbocycles. The highest BCUT2D eigenvalue weighted by Gasteiger charge is 2.17. The van der Waals surface area contributed by atoms with Gasteiger partial charge in [-0.25, -0.2) is 4.39 Å². The molecule has 0 bridgehead atoms. The number of benzene rings is 1. The summed E-state index contributed by atoms with van der Waals surface area (Å²) in [6.45, 7) is 3.37. The van der Waals surface area contributed by atoms with Crippen molar-refractivity contribution in [3.63, 3.8) is 0 Å². The number of hydrogen-bond acceptors (Lipinski definition) is 4. The van der Waals surface area contributed by atoms with Crippen LogP contribution in [0.15, 0.2) is 18.2 Å². The van der Waals surface area contributed by atoms with Gasteiger partial charge in [0.15, 0.2) is 0 Å². The summed E-state index contributed by atoms with van der Waals surface area (Å²) in [6.07, 6.45) is 2.05. The van der Waals surface area contributed by atoms with Crippen LogP contribution in [0.5, 0.6) is 5.75 Å². The number of ether oxygens (including phenoxy) is 2. The van der Waals surface area contributed by atoms with Crippen molar-refractivity contribution in [2.45, 2.75) is 19.8 Å². The van der Waals surface area contributed by atoms with E-state index in [4.69, 9.17) is 19.5 Å². The van der Waals surface area contributed by atoms with Gasteiger partial charge in [0.1, 0.15) is 18.2 Å². The minimum Gasteiger partial charge on any atom is -0.491 e. The largest absolute Gasteiger partial charge is 0.492 e. The summed E-state index contributed by atoms with van der Waals surface area (Å²) < 4.78 is 23.6. The lowest BCUT2D eigenvalue weighted by atomic mass is 9.79. The first kappa shape index (κ1) is 15.0. The molecule has 0 atom stereocenters. The van der Waals surface area contributed by atoms with E-state index in [0.29, 0.717) is 13.2 Å². The third-order valence-corrected chi connectivity index (χ3v) is 2.38. The molecule has 0 aliphatic rings. The highest BCUT2D eigenvalue weighted by atomic mass is 19.1. The van der Waals surface area contributed by atoms with Crippen LogP contribution < -0.4 is 10.2 Å². The van der Waals surface area contributed by atoms with Crippen molar-refractivity contribution in [1.29, 1.82) is 0 Å². The molecule has 4 nitrogen and oxygen atoms in total. The van der Waals surface area contributed by atoms with E-state index in [0.717, 1.165) is 25.0 Å². The van der Waals surface area contributed by atoms with Crippen molar-refractivity contribution in [2.75, 3.05) is 19.8 Å². The quantitative estimate of drug-likeness (QED) is 0.531. The lowest BCUT2D eigenvalue weighted by Crippen LogP contribution is -2.32. The average Bonchev–Trinajstić information content (AvgIpc) is 2.33. The second-order valence-corrected chi connectivity index (χ2v) is 3.87. The summed E-state index contributed by atoms with van der Waals surface area (Å²) in [5.41, 5.74) is 0.143. The Labute approximate surface area is 106 Å². The van der Waals surface area contributed by atoms with Crippen molar-refractivity contribution in [1.82, 2.24) is 0 Å². The fourth-order valence-corrected chi connectivity index (χ4v) is 1.41. The van der Waals surface area contributed by atoms with Crippen LogP contribution in [0.4, 0.5) is 4.39 Å². The minimum atomic E-state index is -1.68. The molecule has 1 aromatic rings. The van der Waals surface area contributed by atoms with Crippen LogP contribution in [-0.2, 0) is 4.74 Å². The molecule has 0 aliphatic carbocycles. The zero-order valence-corrected chi connectivity index (χ0v) is 10.4. The van der Waals surface area contributed by atoms with Gasteiger partial charge < -0.3 is 19.5 Å². The van der Waals surface area contributed by atoms with E-state index in [2.05, 4.69) is 6.92 Å². The standard InChI is InChI=1S/C12H18BFO4/c1-2-3-6-17-7-8-18-12-9-10(14)4-5-11(12)13(15)16/h4-5,9,15-16H,2-3,6-8H2,1H3. The lowest BCUT2D eigenvalue weighted by molar-refractivity contribution is 0.0982. The van der Waals surface area contributed by atoms with Gasteiger partial charge in [-0.05, 0) is 12.5 Å². The van der Waals surface area contributed by atoms with Crippen LogP contribution in [-0.4, -0.2) is 37.0 Å². The van der Waals surface area contributed by atoms with Crippen molar-refractivity contribution in [2.24, 2.45) is 0 Å². The van der Waals surface area contributed by atoms with Gasteiger partial charge in [0.05, 0.1) is 6.61 Å². The Hall–Kier alpha value is -1.11. The third kappa shape index (κ3) is 5.04. The van der Waals surface area contributed by atoms with Gasteiger partial charge in [-0.15, -0.1) is 0 Å². The van der Waals surface area contributed by atoms with Crippen LogP contribution in [0.25, 0.3) is 0 Å². The SMILES string of the molecule is CCCCOCCOc1cc(F)ccc1B(O)O. The fraction of sp³-hybridized carbons (Fsp3) is 0.500. The molecule has 0 aromatic heterocycles. The molecule has 18 heavy (non-hydrogen) atoms. The molecule has 1 aromatic carbocycles. The van der Waals surface area contributed by atoms with Gasteiger partial charge in [0.2, 0.25) is 0 Å². The van der Waals surface area contributed by atoms with Crippen LogP contribution in [0.1, 0.15) is 19.8 Å². The second-order valence-electron chi connectivity index (χ2n) is 3.87. The second kappa shape index (κ2) is 8.08. The van der Waals surface area contributed by atoms with Gasteiger partial charge in [-0.2, -0.15) is 0 Å². The molecule has 0 aliphatic heterocycles. The Balaban J connectivity index is 2.43. The maximum Gasteiger partial charge on any atom is 0.492 e. The number of halogens is 1. The van der Waals surface area contributed by atoms with Gasteiger partial charge in [0.25, 0.3) is 0 Å². The topological polar surface area (TPSA) is 58.9 Å². The van der Waals surface area contributed by atoms with Gasteiger partial charge >= 0.3 is 7.12 Å². The summed E-state index contributed by atoms with van der Waals surface area (Å²) in [5.74, 6) is -0.356. The Morgan fingerprint density at radius 3 is 2.67 bits per heavy atom. The first-order chi connectivity index (χ1) is 8.65. The first-order valence-electron chi connectivity index (χ1n) is 6.01. The summed E-state index contributed by atoms with van der Waals surface area (Å²) in [5, 5.41) is 18.2. The van der Waals surface area contributed by atoms with E-state index in [-0.39, 0.29) is 17.8 Å². The summed E-state index contributed by atoms with van der Waals surface area (Å²) in [4.78, 5) is 0. The fourth-order valence-electron chi connectivity index (χ4n) is 1.41. The predicted octanol–water partition coefficient (Wildman–Crippen LogP) is 0.701. The van der Waals surface area contributed by atoms with Gasteiger partial charge in [0, 0.05) is 18.1 Å². The average molecular weight is 256 g/mol. The monoisotopic (exact) mass is 256 g/mol. The summed E-state index contributed by atoms with van der Waals surface area (Å²) >= 11 is 0. The molecule has 100 valence electrons. The zero-order valence-electron chi connectivity index (χ0n) is 10.4. The molecular weight excluding hydrogens is 238 g/mol. The number of unbranched alkanes of at least 4 members (excludes halogenated alkanes) is 1. The Morgan fingerprint density at radius 2 is 2.00 bits per heavy atom. The Kier molecular flexibility index (Phi) is 6.71. The van der Waals surface area contributed by atoms with Crippen LogP contribution in [0.2, 0.25) is 0 Å². The maximum absolute atomic E-state index is 13.0. The Bertz CT molecular complexity index is 360. The zero-order chi connectivity index (χ0) is 13.4. The molecule has 2 N–H and O–H groups in total. The van der Waals surface area contributed by atoms with E-state index in [1.807, 2.05) is 0 Å². The van der Waals surface area contributed by atoms with E-state index in [1.165, 1.54) is 6.07 Å². The van der Waals surface area contributed by atoms with Crippen LogP contribution >= 0.6 is 0 Å². The molecule has 0 amide bonds. The molecule has 0 radical (unpaired) electrons. The number of hydrogen-bond donors (Lipinski definition) is 2. The molecule has 0 heterocycles. The maximum atomic E-state index is 13.0. The van der Waals surface area contributed by atoms with Gasteiger partial charge in [-0.3, -0.25) is 0 Å². The minimum absolute atomic E-state index is 0.129. The molecule has 0 spiro atoms. The summed E-state index contributed by atoms with van der Waals surface area (Å²) in [6, 6.07) is 3.56. The molecule has 6 heteroatoms.